The first-order valence-electron chi connectivity index (χ1n) is 31.4. The zero-order valence-corrected chi connectivity index (χ0v) is 48.4. The summed E-state index contributed by atoms with van der Waals surface area (Å²) in [6.45, 7) is 6.59. The third-order valence-electron chi connectivity index (χ3n) is 13.7. The van der Waals surface area contributed by atoms with E-state index in [0.29, 0.717) is 19.3 Å². The molecular weight excluding hydrogens is 901 g/mol. The van der Waals surface area contributed by atoms with E-state index < -0.39 is 6.10 Å². The Kier molecular flexibility index (Phi) is 58.7. The largest absolute Gasteiger partial charge is 0.462 e. The summed E-state index contributed by atoms with van der Waals surface area (Å²) in [5, 5.41) is 0. The van der Waals surface area contributed by atoms with Crippen LogP contribution in [0.15, 0.2) is 72.9 Å². The highest BCUT2D eigenvalue weighted by Crippen LogP contribution is 2.16. The van der Waals surface area contributed by atoms with Gasteiger partial charge in [-0.1, -0.05) is 254 Å². The van der Waals surface area contributed by atoms with Gasteiger partial charge in [0.05, 0.1) is 0 Å². The van der Waals surface area contributed by atoms with Crippen LogP contribution in [0.2, 0.25) is 0 Å². The third-order valence-corrected chi connectivity index (χ3v) is 13.7. The lowest BCUT2D eigenvalue weighted by molar-refractivity contribution is -0.167. The van der Waals surface area contributed by atoms with Crippen molar-refractivity contribution in [2.24, 2.45) is 0 Å². The predicted molar refractivity (Wildman–Crippen MR) is 316 cm³/mol. The lowest BCUT2D eigenvalue weighted by Gasteiger charge is -2.18. The monoisotopic (exact) mass is 1020 g/mol. The van der Waals surface area contributed by atoms with Crippen molar-refractivity contribution in [3.8, 4) is 0 Å². The van der Waals surface area contributed by atoms with E-state index >= 15 is 0 Å². The molecule has 0 spiro atoms. The third kappa shape index (κ3) is 59.6. The standard InChI is InChI=1S/C67H118O6/c1-4-7-10-13-16-19-22-25-28-30-31-32-33-34-35-37-39-42-45-48-51-54-57-60-66(69)72-63-64(62-71-65(68)59-56-53-50-47-44-41-38-27-24-21-18-15-12-9-6-3)73-67(70)61-58-55-52-49-46-43-40-36-29-26-23-20-17-14-11-8-5-2/h17-18,20-22,25-27,29-31,38,64H,4-16,19,23-24,28,32-37,39-63H2,1-3H3/b20-17-,21-18-,25-22-,29-26-,31-30-,38-27-. The number of rotatable bonds is 57. The van der Waals surface area contributed by atoms with Crippen LogP contribution in [0.4, 0.5) is 0 Å². The molecule has 0 aromatic heterocycles. The van der Waals surface area contributed by atoms with Crippen LogP contribution in [0.3, 0.4) is 0 Å². The van der Waals surface area contributed by atoms with E-state index in [4.69, 9.17) is 14.2 Å². The second-order valence-corrected chi connectivity index (χ2v) is 21.0. The molecule has 0 bridgehead atoms. The molecule has 0 aromatic rings. The molecule has 0 aliphatic rings. The molecule has 0 N–H and O–H groups in total. The Morgan fingerprint density at radius 2 is 0.493 bits per heavy atom. The number of hydrogen-bond acceptors (Lipinski definition) is 6. The Bertz CT molecular complexity index is 1360. The smallest absolute Gasteiger partial charge is 0.306 e. The number of hydrogen-bond donors (Lipinski definition) is 0. The molecule has 0 saturated carbocycles. The second kappa shape index (κ2) is 61.4. The first-order chi connectivity index (χ1) is 36.0. The molecule has 0 aliphatic carbocycles. The molecule has 0 fully saturated rings. The van der Waals surface area contributed by atoms with Crippen LogP contribution in [0.5, 0.6) is 0 Å². The van der Waals surface area contributed by atoms with Gasteiger partial charge in [0.25, 0.3) is 0 Å². The zero-order chi connectivity index (χ0) is 52.9. The fourth-order valence-electron chi connectivity index (χ4n) is 8.89. The van der Waals surface area contributed by atoms with Gasteiger partial charge in [0.15, 0.2) is 6.10 Å². The molecule has 6 heteroatoms. The van der Waals surface area contributed by atoms with Gasteiger partial charge in [0, 0.05) is 19.3 Å². The maximum absolute atomic E-state index is 12.9. The highest BCUT2D eigenvalue weighted by molar-refractivity contribution is 5.71. The van der Waals surface area contributed by atoms with E-state index in [-0.39, 0.29) is 31.1 Å². The summed E-state index contributed by atoms with van der Waals surface area (Å²) >= 11 is 0. The lowest BCUT2D eigenvalue weighted by atomic mass is 10.0. The van der Waals surface area contributed by atoms with Crippen molar-refractivity contribution in [3.05, 3.63) is 72.9 Å². The number of carbonyl (C=O) groups is 3. The van der Waals surface area contributed by atoms with Crippen LogP contribution in [0.25, 0.3) is 0 Å². The van der Waals surface area contributed by atoms with Crippen LogP contribution < -0.4 is 0 Å². The maximum Gasteiger partial charge on any atom is 0.306 e. The Hall–Kier alpha value is -3.15. The van der Waals surface area contributed by atoms with Gasteiger partial charge in [0.1, 0.15) is 13.2 Å². The van der Waals surface area contributed by atoms with Crippen LogP contribution in [0.1, 0.15) is 316 Å². The molecule has 6 nitrogen and oxygen atoms in total. The number of carbonyl (C=O) groups excluding carboxylic acids is 3. The van der Waals surface area contributed by atoms with Gasteiger partial charge in [-0.25, -0.2) is 0 Å². The summed E-state index contributed by atoms with van der Waals surface area (Å²) in [6, 6.07) is 0. The van der Waals surface area contributed by atoms with Crippen LogP contribution in [-0.2, 0) is 28.6 Å². The molecule has 73 heavy (non-hydrogen) atoms. The quantitative estimate of drug-likeness (QED) is 0.0261. The summed E-state index contributed by atoms with van der Waals surface area (Å²) < 4.78 is 16.9. The van der Waals surface area contributed by atoms with Crippen molar-refractivity contribution in [1.29, 1.82) is 0 Å². The van der Waals surface area contributed by atoms with E-state index in [9.17, 15) is 14.4 Å². The predicted octanol–water partition coefficient (Wildman–Crippen LogP) is 21.3. The lowest BCUT2D eigenvalue weighted by Crippen LogP contribution is -2.30. The van der Waals surface area contributed by atoms with Crippen LogP contribution >= 0.6 is 0 Å². The SMILES string of the molecule is CCCCC/C=C\C/C=C\CCCCCCCCCC(=O)OC(COC(=O)CCCCCCC/C=C\C/C=C\CCCCC)COC(=O)CCCCCCCCCCCCC/C=C\C/C=C\CCCCCCC. The fourth-order valence-corrected chi connectivity index (χ4v) is 8.89. The van der Waals surface area contributed by atoms with Crippen LogP contribution in [-0.4, -0.2) is 37.2 Å². The fraction of sp³-hybridized carbons (Fsp3) is 0.776. The minimum Gasteiger partial charge on any atom is -0.462 e. The molecular formula is C67H118O6. The van der Waals surface area contributed by atoms with Gasteiger partial charge in [0.2, 0.25) is 0 Å². The minimum absolute atomic E-state index is 0.0832. The summed E-state index contributed by atoms with van der Waals surface area (Å²) in [5.41, 5.74) is 0. The molecule has 0 aliphatic heterocycles. The summed E-state index contributed by atoms with van der Waals surface area (Å²) in [6.07, 6.45) is 78.9. The van der Waals surface area contributed by atoms with Gasteiger partial charge >= 0.3 is 17.9 Å². The average molecular weight is 1020 g/mol. The van der Waals surface area contributed by atoms with Gasteiger partial charge in [-0.15, -0.1) is 0 Å². The van der Waals surface area contributed by atoms with E-state index in [1.54, 1.807) is 0 Å². The minimum atomic E-state index is -0.787. The maximum atomic E-state index is 12.9. The highest BCUT2D eigenvalue weighted by atomic mass is 16.6. The van der Waals surface area contributed by atoms with Crippen molar-refractivity contribution < 1.29 is 28.6 Å². The number of ether oxygens (including phenoxy) is 3. The first kappa shape index (κ1) is 69.8. The normalized spacial score (nSPS) is 12.5. The molecule has 0 aromatic carbocycles. The van der Waals surface area contributed by atoms with Crippen molar-refractivity contribution in [3.63, 3.8) is 0 Å². The number of unbranched alkanes of at least 4 members (excludes halogenated alkanes) is 34. The Morgan fingerprint density at radius 1 is 0.274 bits per heavy atom. The molecule has 0 saturated heterocycles. The van der Waals surface area contributed by atoms with Crippen molar-refractivity contribution in [1.82, 2.24) is 0 Å². The van der Waals surface area contributed by atoms with E-state index in [2.05, 4.69) is 93.7 Å². The molecule has 0 amide bonds. The molecule has 422 valence electrons. The number of esters is 3. The first-order valence-corrected chi connectivity index (χ1v) is 31.4. The molecule has 0 rings (SSSR count). The second-order valence-electron chi connectivity index (χ2n) is 21.0. The van der Waals surface area contributed by atoms with E-state index in [1.165, 1.54) is 180 Å². The van der Waals surface area contributed by atoms with Gasteiger partial charge in [-0.05, 0) is 116 Å². The summed E-state index contributed by atoms with van der Waals surface area (Å²) in [5.74, 6) is -0.895. The number of allylic oxidation sites excluding steroid dienone is 12. The van der Waals surface area contributed by atoms with Crippen molar-refractivity contribution >= 4 is 17.9 Å². The van der Waals surface area contributed by atoms with Gasteiger partial charge in [-0.2, -0.15) is 0 Å². The Morgan fingerprint density at radius 3 is 0.781 bits per heavy atom. The van der Waals surface area contributed by atoms with Gasteiger partial charge < -0.3 is 14.2 Å². The van der Waals surface area contributed by atoms with E-state index in [1.807, 2.05) is 0 Å². The average Bonchev–Trinajstić information content (AvgIpc) is 3.39. The molecule has 0 radical (unpaired) electrons. The Labute approximate surface area is 453 Å². The summed E-state index contributed by atoms with van der Waals surface area (Å²) in [4.78, 5) is 38.3. The zero-order valence-electron chi connectivity index (χ0n) is 48.4. The topological polar surface area (TPSA) is 78.9 Å². The molecule has 1 atom stereocenters. The van der Waals surface area contributed by atoms with Crippen molar-refractivity contribution in [2.75, 3.05) is 13.2 Å². The van der Waals surface area contributed by atoms with Gasteiger partial charge in [-0.3, -0.25) is 14.4 Å². The van der Waals surface area contributed by atoms with Crippen molar-refractivity contribution in [2.45, 2.75) is 322 Å². The highest BCUT2D eigenvalue weighted by Gasteiger charge is 2.19. The van der Waals surface area contributed by atoms with Crippen LogP contribution in [0, 0.1) is 0 Å². The Balaban J connectivity index is 4.36. The molecule has 0 heterocycles. The van der Waals surface area contributed by atoms with E-state index in [0.717, 1.165) is 96.3 Å². The summed E-state index contributed by atoms with van der Waals surface area (Å²) in [7, 11) is 0. The molecule has 1 unspecified atom stereocenters.